The van der Waals surface area contributed by atoms with Crippen molar-refractivity contribution in [2.75, 3.05) is 5.73 Å². The van der Waals surface area contributed by atoms with E-state index in [1.54, 1.807) is 12.1 Å². The number of halogens is 2. The highest BCUT2D eigenvalue weighted by atomic mass is 35.5. The van der Waals surface area contributed by atoms with E-state index < -0.39 is 0 Å². The second kappa shape index (κ2) is 4.40. The molecule has 1 aliphatic rings. The summed E-state index contributed by atoms with van der Waals surface area (Å²) in [6, 6.07) is 3.86. The fraction of sp³-hybridized carbons (Fsp3) is 0.364. The highest BCUT2D eigenvalue weighted by molar-refractivity contribution is 6.43. The summed E-state index contributed by atoms with van der Waals surface area (Å²) in [6.07, 6.45) is 3.43. The van der Waals surface area contributed by atoms with Crippen LogP contribution in [0.15, 0.2) is 12.1 Å². The Balaban J connectivity index is 2.07. The van der Waals surface area contributed by atoms with Gasteiger partial charge in [-0.15, -0.1) is 5.10 Å². The Morgan fingerprint density at radius 1 is 1.28 bits per heavy atom. The molecule has 1 saturated carbocycles. The number of anilines is 1. The molecular formula is C11H11Cl2N5. The van der Waals surface area contributed by atoms with Gasteiger partial charge in [0.05, 0.1) is 21.8 Å². The largest absolute Gasteiger partial charge is 0.397 e. The van der Waals surface area contributed by atoms with Crippen LogP contribution >= 0.6 is 23.2 Å². The molecule has 7 heteroatoms. The van der Waals surface area contributed by atoms with Gasteiger partial charge in [-0.3, -0.25) is 0 Å². The maximum Gasteiger partial charge on any atom is 0.182 e. The summed E-state index contributed by atoms with van der Waals surface area (Å²) in [4.78, 5) is 0. The van der Waals surface area contributed by atoms with Crippen molar-refractivity contribution < 1.29 is 0 Å². The Labute approximate surface area is 114 Å². The third kappa shape index (κ3) is 1.83. The molecule has 0 aliphatic heterocycles. The second-order valence-corrected chi connectivity index (χ2v) is 5.18. The van der Waals surface area contributed by atoms with Crippen LogP contribution in [0, 0.1) is 0 Å². The number of hydrogen-bond acceptors (Lipinski definition) is 4. The van der Waals surface area contributed by atoms with Crippen LogP contribution in [0.25, 0.3) is 11.4 Å². The molecule has 0 amide bonds. The summed E-state index contributed by atoms with van der Waals surface area (Å²) >= 11 is 12.0. The molecule has 1 heterocycles. The summed E-state index contributed by atoms with van der Waals surface area (Å²) < 4.78 is 1.84. The molecule has 18 heavy (non-hydrogen) atoms. The van der Waals surface area contributed by atoms with Crippen molar-refractivity contribution >= 4 is 28.9 Å². The number of nitrogen functional groups attached to an aromatic ring is 1. The quantitative estimate of drug-likeness (QED) is 0.861. The summed E-state index contributed by atoms with van der Waals surface area (Å²) in [7, 11) is 0. The number of aromatic nitrogens is 4. The number of hydrogen-bond donors (Lipinski definition) is 1. The van der Waals surface area contributed by atoms with Gasteiger partial charge in [-0.1, -0.05) is 23.2 Å². The van der Waals surface area contributed by atoms with Crippen molar-refractivity contribution in [1.82, 2.24) is 20.2 Å². The Hall–Kier alpha value is -1.33. The molecule has 2 aromatic rings. The SMILES string of the molecule is Nc1cc(-c2nnnn2C2CCC2)cc(Cl)c1Cl. The molecule has 0 atom stereocenters. The lowest BCUT2D eigenvalue weighted by Gasteiger charge is -2.25. The van der Waals surface area contributed by atoms with E-state index in [1.165, 1.54) is 6.42 Å². The van der Waals surface area contributed by atoms with Crippen LogP contribution < -0.4 is 5.73 Å². The summed E-state index contributed by atoms with van der Waals surface area (Å²) in [5.74, 6) is 0.685. The third-order valence-corrected chi connectivity index (χ3v) is 4.04. The Bertz CT molecular complexity index is 568. The molecule has 0 radical (unpaired) electrons. The van der Waals surface area contributed by atoms with E-state index in [0.29, 0.717) is 27.6 Å². The Kier molecular flexibility index (Phi) is 2.87. The fourth-order valence-electron chi connectivity index (χ4n) is 2.00. The molecule has 5 nitrogen and oxygen atoms in total. The summed E-state index contributed by atoms with van der Waals surface area (Å²) in [5, 5.41) is 12.6. The highest BCUT2D eigenvalue weighted by Gasteiger charge is 2.24. The zero-order valence-corrected chi connectivity index (χ0v) is 11.0. The first-order chi connectivity index (χ1) is 8.66. The molecule has 1 aromatic carbocycles. The number of nitrogens with two attached hydrogens (primary N) is 1. The first-order valence-electron chi connectivity index (χ1n) is 5.69. The zero-order valence-electron chi connectivity index (χ0n) is 9.48. The maximum absolute atomic E-state index is 6.03. The molecule has 1 aromatic heterocycles. The summed E-state index contributed by atoms with van der Waals surface area (Å²) in [6.45, 7) is 0. The van der Waals surface area contributed by atoms with Gasteiger partial charge in [-0.2, -0.15) is 0 Å². The molecule has 94 valence electrons. The normalized spacial score (nSPS) is 15.7. The lowest BCUT2D eigenvalue weighted by molar-refractivity contribution is 0.287. The van der Waals surface area contributed by atoms with Gasteiger partial charge >= 0.3 is 0 Å². The van der Waals surface area contributed by atoms with Gasteiger partial charge in [0.15, 0.2) is 5.82 Å². The van der Waals surface area contributed by atoms with Crippen LogP contribution in [0.4, 0.5) is 5.69 Å². The van der Waals surface area contributed by atoms with E-state index in [0.717, 1.165) is 18.4 Å². The number of rotatable bonds is 2. The van der Waals surface area contributed by atoms with Gasteiger partial charge in [-0.05, 0) is 41.8 Å². The van der Waals surface area contributed by atoms with Crippen LogP contribution in [-0.2, 0) is 0 Å². The van der Waals surface area contributed by atoms with E-state index in [1.807, 2.05) is 4.68 Å². The Morgan fingerprint density at radius 3 is 2.67 bits per heavy atom. The monoisotopic (exact) mass is 283 g/mol. The van der Waals surface area contributed by atoms with Crippen molar-refractivity contribution in [3.05, 3.63) is 22.2 Å². The zero-order chi connectivity index (χ0) is 12.7. The van der Waals surface area contributed by atoms with E-state index in [4.69, 9.17) is 28.9 Å². The minimum atomic E-state index is 0.364. The smallest absolute Gasteiger partial charge is 0.182 e. The maximum atomic E-state index is 6.03. The van der Waals surface area contributed by atoms with Gasteiger partial charge in [0.1, 0.15) is 0 Å². The van der Waals surface area contributed by atoms with Crippen molar-refractivity contribution in [3.63, 3.8) is 0 Å². The highest BCUT2D eigenvalue weighted by Crippen LogP contribution is 2.36. The van der Waals surface area contributed by atoms with Crippen LogP contribution in [-0.4, -0.2) is 20.2 Å². The molecule has 0 saturated heterocycles. The number of benzene rings is 1. The minimum absolute atomic E-state index is 0.364. The minimum Gasteiger partial charge on any atom is -0.397 e. The molecule has 3 rings (SSSR count). The van der Waals surface area contributed by atoms with Crippen molar-refractivity contribution in [3.8, 4) is 11.4 Å². The predicted molar refractivity (Wildman–Crippen MR) is 70.6 cm³/mol. The average Bonchev–Trinajstić information content (AvgIpc) is 2.71. The Morgan fingerprint density at radius 2 is 2.06 bits per heavy atom. The molecule has 0 spiro atoms. The molecule has 1 aliphatic carbocycles. The lowest BCUT2D eigenvalue weighted by Crippen LogP contribution is -2.19. The molecular weight excluding hydrogens is 273 g/mol. The van der Waals surface area contributed by atoms with Gasteiger partial charge < -0.3 is 5.73 Å². The predicted octanol–water partition coefficient (Wildman–Crippen LogP) is 2.95. The average molecular weight is 284 g/mol. The van der Waals surface area contributed by atoms with Crippen LogP contribution in [0.5, 0.6) is 0 Å². The fourth-order valence-corrected chi connectivity index (χ4v) is 2.34. The first kappa shape index (κ1) is 11.7. The van der Waals surface area contributed by atoms with Crippen LogP contribution in [0.2, 0.25) is 10.0 Å². The third-order valence-electron chi connectivity index (χ3n) is 3.23. The van der Waals surface area contributed by atoms with Gasteiger partial charge in [-0.25, -0.2) is 4.68 Å². The lowest BCUT2D eigenvalue weighted by atomic mass is 9.93. The van der Waals surface area contributed by atoms with Crippen molar-refractivity contribution in [1.29, 1.82) is 0 Å². The summed E-state index contributed by atoms with van der Waals surface area (Å²) in [5.41, 5.74) is 7.03. The molecule has 2 N–H and O–H groups in total. The van der Waals surface area contributed by atoms with E-state index in [-0.39, 0.29) is 0 Å². The van der Waals surface area contributed by atoms with E-state index in [9.17, 15) is 0 Å². The molecule has 0 bridgehead atoms. The standard InChI is InChI=1S/C11H11Cl2N5/c12-8-4-6(5-9(14)10(8)13)11-15-16-17-18(11)7-2-1-3-7/h4-5,7H,1-3,14H2. The molecule has 0 unspecified atom stereocenters. The van der Waals surface area contributed by atoms with E-state index >= 15 is 0 Å². The van der Waals surface area contributed by atoms with Crippen LogP contribution in [0.1, 0.15) is 25.3 Å². The van der Waals surface area contributed by atoms with Gasteiger partial charge in [0.25, 0.3) is 0 Å². The first-order valence-corrected chi connectivity index (χ1v) is 6.45. The van der Waals surface area contributed by atoms with Crippen molar-refractivity contribution in [2.45, 2.75) is 25.3 Å². The topological polar surface area (TPSA) is 69.6 Å². The molecule has 1 fully saturated rings. The number of nitrogens with zero attached hydrogens (tertiary/aromatic N) is 4. The van der Waals surface area contributed by atoms with Gasteiger partial charge in [0, 0.05) is 5.56 Å². The number of tetrazole rings is 1. The van der Waals surface area contributed by atoms with Crippen molar-refractivity contribution in [2.24, 2.45) is 0 Å². The van der Waals surface area contributed by atoms with E-state index in [2.05, 4.69) is 15.5 Å². The second-order valence-electron chi connectivity index (χ2n) is 4.39. The van der Waals surface area contributed by atoms with Crippen LogP contribution in [0.3, 0.4) is 0 Å². The van der Waals surface area contributed by atoms with Gasteiger partial charge in [0.2, 0.25) is 0 Å².